The van der Waals surface area contributed by atoms with E-state index in [0.717, 1.165) is 44.5 Å². The van der Waals surface area contributed by atoms with Gasteiger partial charge >= 0.3 is 0 Å². The minimum absolute atomic E-state index is 0.0145. The van der Waals surface area contributed by atoms with Gasteiger partial charge in [-0.15, -0.1) is 0 Å². The monoisotopic (exact) mass is 386 g/mol. The third-order valence-corrected chi connectivity index (χ3v) is 6.31. The number of rotatable bonds is 6. The van der Waals surface area contributed by atoms with Crippen LogP contribution >= 0.6 is 0 Å². The number of nitrogens with one attached hydrogen (secondary N) is 1. The van der Waals surface area contributed by atoms with E-state index >= 15 is 0 Å². The van der Waals surface area contributed by atoms with Crippen molar-refractivity contribution in [2.45, 2.75) is 69.7 Å². The first-order chi connectivity index (χ1) is 13.4. The van der Waals surface area contributed by atoms with Crippen LogP contribution in [0.3, 0.4) is 0 Å². The molecule has 1 spiro atoms. The summed E-state index contributed by atoms with van der Waals surface area (Å²) in [6.45, 7) is 11.0. The number of likely N-dealkylation sites (tertiary alicyclic amines) is 1. The molecule has 28 heavy (non-hydrogen) atoms. The minimum atomic E-state index is -0.694. The van der Waals surface area contributed by atoms with E-state index in [1.165, 1.54) is 5.56 Å². The van der Waals surface area contributed by atoms with Gasteiger partial charge in [-0.3, -0.25) is 9.69 Å². The largest absolute Gasteiger partial charge is 0.388 e. The number of amides is 1. The summed E-state index contributed by atoms with van der Waals surface area (Å²) >= 11 is 0. The van der Waals surface area contributed by atoms with Crippen molar-refractivity contribution in [3.8, 4) is 0 Å². The molecule has 0 saturated carbocycles. The fourth-order valence-corrected chi connectivity index (χ4v) is 4.59. The SMILES string of the molecule is C=Cc1cccc(CN2CCC3(CC2)OCC[C@@](C)(NC(=O)CCC)[C@@H]3O)c1. The Morgan fingerprint density at radius 2 is 2.14 bits per heavy atom. The van der Waals surface area contributed by atoms with Gasteiger partial charge in [0.05, 0.1) is 11.1 Å². The molecule has 154 valence electrons. The second-order valence-electron chi connectivity index (χ2n) is 8.51. The van der Waals surface area contributed by atoms with E-state index in [1.807, 2.05) is 19.9 Å². The molecular formula is C23H34N2O3. The number of hydrogen-bond acceptors (Lipinski definition) is 4. The van der Waals surface area contributed by atoms with Gasteiger partial charge in [-0.05, 0) is 43.7 Å². The molecule has 5 heteroatoms. The molecule has 0 radical (unpaired) electrons. The molecule has 2 aliphatic rings. The van der Waals surface area contributed by atoms with Crippen LogP contribution < -0.4 is 5.32 Å². The lowest BCUT2D eigenvalue weighted by molar-refractivity contribution is -0.208. The lowest BCUT2D eigenvalue weighted by atomic mass is 9.73. The summed E-state index contributed by atoms with van der Waals surface area (Å²) in [5, 5.41) is 14.3. The summed E-state index contributed by atoms with van der Waals surface area (Å²) in [6, 6.07) is 8.44. The van der Waals surface area contributed by atoms with Crippen molar-refractivity contribution in [1.29, 1.82) is 0 Å². The van der Waals surface area contributed by atoms with Crippen LogP contribution in [-0.4, -0.2) is 52.9 Å². The maximum absolute atomic E-state index is 12.2. The minimum Gasteiger partial charge on any atom is -0.388 e. The number of piperidine rings is 1. The molecule has 0 unspecified atom stereocenters. The number of carbonyl (C=O) groups excluding carboxylic acids is 1. The zero-order valence-electron chi connectivity index (χ0n) is 17.2. The first-order valence-corrected chi connectivity index (χ1v) is 10.5. The summed E-state index contributed by atoms with van der Waals surface area (Å²) in [4.78, 5) is 14.6. The van der Waals surface area contributed by atoms with E-state index in [0.29, 0.717) is 19.4 Å². The summed E-state index contributed by atoms with van der Waals surface area (Å²) in [5.41, 5.74) is 1.22. The second-order valence-corrected chi connectivity index (χ2v) is 8.51. The average Bonchev–Trinajstić information content (AvgIpc) is 2.68. The Balaban J connectivity index is 1.63. The Labute approximate surface area is 168 Å². The highest BCUT2D eigenvalue weighted by atomic mass is 16.5. The molecule has 1 amide bonds. The highest BCUT2D eigenvalue weighted by Gasteiger charge is 2.53. The smallest absolute Gasteiger partial charge is 0.220 e. The van der Waals surface area contributed by atoms with Crippen LogP contribution in [0.4, 0.5) is 0 Å². The zero-order chi connectivity index (χ0) is 20.2. The van der Waals surface area contributed by atoms with E-state index in [4.69, 9.17) is 4.74 Å². The van der Waals surface area contributed by atoms with Crippen molar-refractivity contribution in [1.82, 2.24) is 10.2 Å². The van der Waals surface area contributed by atoms with Crippen LogP contribution in [0.5, 0.6) is 0 Å². The number of ether oxygens (including phenoxy) is 1. The molecule has 3 rings (SSSR count). The standard InChI is InChI=1S/C23H34N2O3/c1-4-7-20(26)24-22(3)12-15-28-23(21(22)27)10-13-25(14-11-23)17-19-9-6-8-18(5-2)16-19/h5-6,8-9,16,21,27H,2,4,7,10-15,17H2,1,3H3,(H,24,26)/t21-,22+/m0/s1. The van der Waals surface area contributed by atoms with Crippen molar-refractivity contribution >= 4 is 12.0 Å². The first-order valence-electron chi connectivity index (χ1n) is 10.5. The number of benzene rings is 1. The number of aliphatic hydroxyl groups is 1. The van der Waals surface area contributed by atoms with E-state index in [1.54, 1.807) is 0 Å². The van der Waals surface area contributed by atoms with Crippen LogP contribution in [0.2, 0.25) is 0 Å². The van der Waals surface area contributed by atoms with Crippen LogP contribution in [0.1, 0.15) is 57.1 Å². The molecule has 1 aromatic carbocycles. The Morgan fingerprint density at radius 3 is 2.82 bits per heavy atom. The molecule has 2 aliphatic heterocycles. The number of nitrogens with zero attached hydrogens (tertiary/aromatic N) is 1. The number of aliphatic hydroxyl groups excluding tert-OH is 1. The highest BCUT2D eigenvalue weighted by molar-refractivity contribution is 5.76. The molecule has 0 aromatic heterocycles. The van der Waals surface area contributed by atoms with Crippen molar-refractivity contribution in [3.63, 3.8) is 0 Å². The molecule has 5 nitrogen and oxygen atoms in total. The van der Waals surface area contributed by atoms with Gasteiger partial charge in [0.2, 0.25) is 5.91 Å². The molecule has 2 heterocycles. The zero-order valence-corrected chi connectivity index (χ0v) is 17.2. The quantitative estimate of drug-likeness (QED) is 0.789. The normalized spacial score (nSPS) is 27.5. The van der Waals surface area contributed by atoms with Crippen LogP contribution in [0, 0.1) is 0 Å². The van der Waals surface area contributed by atoms with Gasteiger partial charge in [-0.1, -0.05) is 43.8 Å². The fraction of sp³-hybridized carbons (Fsp3) is 0.609. The molecule has 0 aliphatic carbocycles. The second kappa shape index (κ2) is 8.76. The molecular weight excluding hydrogens is 352 g/mol. The van der Waals surface area contributed by atoms with Gasteiger partial charge < -0.3 is 15.2 Å². The van der Waals surface area contributed by atoms with E-state index < -0.39 is 17.2 Å². The third kappa shape index (κ3) is 4.48. The Morgan fingerprint density at radius 1 is 1.39 bits per heavy atom. The molecule has 2 N–H and O–H groups in total. The predicted molar refractivity (Wildman–Crippen MR) is 112 cm³/mol. The summed E-state index contributed by atoms with van der Waals surface area (Å²) in [5.74, 6) is 0.0145. The lowest BCUT2D eigenvalue weighted by Gasteiger charge is -2.53. The fourth-order valence-electron chi connectivity index (χ4n) is 4.59. The van der Waals surface area contributed by atoms with E-state index in [2.05, 4.69) is 41.1 Å². The molecule has 2 fully saturated rings. The molecule has 2 atom stereocenters. The van der Waals surface area contributed by atoms with Gasteiger partial charge in [-0.25, -0.2) is 0 Å². The van der Waals surface area contributed by atoms with E-state index in [9.17, 15) is 9.90 Å². The third-order valence-electron chi connectivity index (χ3n) is 6.31. The molecule has 0 bridgehead atoms. The average molecular weight is 387 g/mol. The summed E-state index contributed by atoms with van der Waals surface area (Å²) in [6.07, 6.45) is 4.66. The van der Waals surface area contributed by atoms with Crippen LogP contribution in [-0.2, 0) is 16.1 Å². The predicted octanol–water partition coefficient (Wildman–Crippen LogP) is 3.12. The molecule has 2 saturated heterocycles. The highest BCUT2D eigenvalue weighted by Crippen LogP contribution is 2.40. The first kappa shape index (κ1) is 21.0. The Kier molecular flexibility index (Phi) is 6.58. The van der Waals surface area contributed by atoms with Gasteiger partial charge in [-0.2, -0.15) is 0 Å². The van der Waals surface area contributed by atoms with Gasteiger partial charge in [0.15, 0.2) is 0 Å². The maximum Gasteiger partial charge on any atom is 0.220 e. The summed E-state index contributed by atoms with van der Waals surface area (Å²) < 4.78 is 6.15. The van der Waals surface area contributed by atoms with Gasteiger partial charge in [0, 0.05) is 32.7 Å². The van der Waals surface area contributed by atoms with Crippen LogP contribution in [0.25, 0.3) is 6.08 Å². The van der Waals surface area contributed by atoms with Crippen LogP contribution in [0.15, 0.2) is 30.8 Å². The topological polar surface area (TPSA) is 61.8 Å². The van der Waals surface area contributed by atoms with E-state index in [-0.39, 0.29) is 5.91 Å². The van der Waals surface area contributed by atoms with Crippen molar-refractivity contribution in [3.05, 3.63) is 42.0 Å². The molecule has 1 aromatic rings. The Hall–Kier alpha value is -1.69. The number of hydrogen-bond donors (Lipinski definition) is 2. The number of carbonyl (C=O) groups is 1. The Bertz CT molecular complexity index is 697. The van der Waals surface area contributed by atoms with Crippen molar-refractivity contribution in [2.24, 2.45) is 0 Å². The maximum atomic E-state index is 12.2. The van der Waals surface area contributed by atoms with Gasteiger partial charge in [0.1, 0.15) is 6.10 Å². The van der Waals surface area contributed by atoms with Crippen molar-refractivity contribution in [2.75, 3.05) is 19.7 Å². The lowest BCUT2D eigenvalue weighted by Crippen LogP contribution is -2.69. The van der Waals surface area contributed by atoms with Crippen molar-refractivity contribution < 1.29 is 14.6 Å². The van der Waals surface area contributed by atoms with Gasteiger partial charge in [0.25, 0.3) is 0 Å². The summed E-state index contributed by atoms with van der Waals surface area (Å²) in [7, 11) is 0.